The zero-order valence-electron chi connectivity index (χ0n) is 12.6. The molecular formula is C16H19N3O2S. The Bertz CT molecular complexity index is 700. The number of thiophene rings is 1. The van der Waals surface area contributed by atoms with Crippen LogP contribution in [0.15, 0.2) is 17.6 Å². The lowest BCUT2D eigenvalue weighted by atomic mass is 10.00. The highest BCUT2D eigenvalue weighted by atomic mass is 32.1. The normalized spacial score (nSPS) is 21.1. The first kappa shape index (κ1) is 14.0. The molecule has 22 heavy (non-hydrogen) atoms. The average molecular weight is 317 g/mol. The number of carbonyl (C=O) groups is 1. The zero-order chi connectivity index (χ0) is 15.1. The molecule has 5 nitrogen and oxygen atoms in total. The van der Waals surface area contributed by atoms with Crippen LogP contribution >= 0.6 is 11.3 Å². The third-order valence-electron chi connectivity index (χ3n) is 4.51. The second kappa shape index (κ2) is 5.52. The van der Waals surface area contributed by atoms with Crippen LogP contribution in [0.3, 0.4) is 0 Å². The van der Waals surface area contributed by atoms with Crippen LogP contribution in [-0.2, 0) is 24.8 Å². The van der Waals surface area contributed by atoms with E-state index < -0.39 is 0 Å². The maximum atomic E-state index is 13.0. The number of hydrogen-bond acceptors (Lipinski definition) is 4. The van der Waals surface area contributed by atoms with Crippen LogP contribution in [0.25, 0.3) is 0 Å². The molecule has 0 aliphatic carbocycles. The van der Waals surface area contributed by atoms with E-state index in [1.54, 1.807) is 16.0 Å². The van der Waals surface area contributed by atoms with E-state index in [4.69, 9.17) is 4.74 Å². The number of rotatable bonds is 2. The summed E-state index contributed by atoms with van der Waals surface area (Å²) in [5, 5.41) is 6.65. The van der Waals surface area contributed by atoms with Gasteiger partial charge >= 0.3 is 0 Å². The second-order valence-corrected chi connectivity index (χ2v) is 7.01. The van der Waals surface area contributed by atoms with E-state index in [0.29, 0.717) is 6.61 Å². The first-order chi connectivity index (χ1) is 10.7. The van der Waals surface area contributed by atoms with Gasteiger partial charge in [0.25, 0.3) is 5.91 Å². The maximum Gasteiger partial charge on any atom is 0.257 e. The van der Waals surface area contributed by atoms with Gasteiger partial charge in [-0.05, 0) is 29.9 Å². The molecule has 0 N–H and O–H groups in total. The lowest BCUT2D eigenvalue weighted by Gasteiger charge is -2.27. The minimum Gasteiger partial charge on any atom is -0.381 e. The smallest absolute Gasteiger partial charge is 0.257 e. The van der Waals surface area contributed by atoms with E-state index in [1.165, 1.54) is 10.4 Å². The summed E-state index contributed by atoms with van der Waals surface area (Å²) in [6.45, 7) is 2.95. The van der Waals surface area contributed by atoms with Crippen molar-refractivity contribution in [1.29, 1.82) is 0 Å². The first-order valence-corrected chi connectivity index (χ1v) is 8.56. The Balaban J connectivity index is 1.60. The average Bonchev–Trinajstić information content (AvgIpc) is 3.25. The van der Waals surface area contributed by atoms with E-state index >= 15 is 0 Å². The van der Waals surface area contributed by atoms with Crippen LogP contribution in [0.5, 0.6) is 0 Å². The van der Waals surface area contributed by atoms with Crippen molar-refractivity contribution in [3.05, 3.63) is 39.3 Å². The summed E-state index contributed by atoms with van der Waals surface area (Å²) in [5.74, 6) is 0.358. The summed E-state index contributed by atoms with van der Waals surface area (Å²) in [6, 6.07) is 2.17. The van der Waals surface area contributed by atoms with Gasteiger partial charge in [-0.15, -0.1) is 11.3 Å². The van der Waals surface area contributed by atoms with Gasteiger partial charge in [-0.2, -0.15) is 5.10 Å². The Hall–Kier alpha value is -1.66. The zero-order valence-corrected chi connectivity index (χ0v) is 13.4. The molecule has 1 amide bonds. The Kier molecular flexibility index (Phi) is 3.50. The van der Waals surface area contributed by atoms with Gasteiger partial charge in [0.2, 0.25) is 0 Å². The summed E-state index contributed by atoms with van der Waals surface area (Å²) in [6.07, 6.45) is 3.76. The van der Waals surface area contributed by atoms with Gasteiger partial charge in [0.15, 0.2) is 0 Å². The van der Waals surface area contributed by atoms with Gasteiger partial charge in [0.1, 0.15) is 0 Å². The molecule has 2 aliphatic rings. The van der Waals surface area contributed by atoms with Gasteiger partial charge in [0.05, 0.1) is 24.4 Å². The van der Waals surface area contributed by atoms with E-state index in [-0.39, 0.29) is 11.8 Å². The minimum atomic E-state index is 0.106. The summed E-state index contributed by atoms with van der Waals surface area (Å²) in [4.78, 5) is 16.2. The van der Waals surface area contributed by atoms with Crippen molar-refractivity contribution in [2.75, 3.05) is 19.8 Å². The number of ether oxygens (including phenoxy) is 1. The minimum absolute atomic E-state index is 0.106. The molecule has 0 spiro atoms. The van der Waals surface area contributed by atoms with Crippen molar-refractivity contribution >= 4 is 17.2 Å². The molecule has 4 rings (SSSR count). The Labute approximate surface area is 133 Å². The fraction of sp³-hybridized carbons (Fsp3) is 0.500. The quantitative estimate of drug-likeness (QED) is 0.853. The van der Waals surface area contributed by atoms with Crippen molar-refractivity contribution in [3.8, 4) is 0 Å². The molecule has 0 aromatic carbocycles. The van der Waals surface area contributed by atoms with E-state index in [0.717, 1.165) is 43.8 Å². The van der Waals surface area contributed by atoms with Gasteiger partial charge in [-0.25, -0.2) is 0 Å². The van der Waals surface area contributed by atoms with Crippen LogP contribution in [-0.4, -0.2) is 40.3 Å². The second-order valence-electron chi connectivity index (χ2n) is 6.01. The number of aromatic nitrogens is 2. The molecule has 2 aromatic rings. The number of carbonyl (C=O) groups excluding carboxylic acids is 1. The number of hydrogen-bond donors (Lipinski definition) is 0. The fourth-order valence-electron chi connectivity index (χ4n) is 3.30. The molecule has 2 aromatic heterocycles. The van der Waals surface area contributed by atoms with Crippen molar-refractivity contribution < 1.29 is 9.53 Å². The van der Waals surface area contributed by atoms with Crippen LogP contribution in [0.2, 0.25) is 0 Å². The van der Waals surface area contributed by atoms with Crippen molar-refractivity contribution in [3.63, 3.8) is 0 Å². The fourth-order valence-corrected chi connectivity index (χ4v) is 4.25. The highest BCUT2D eigenvalue weighted by molar-refractivity contribution is 7.10. The van der Waals surface area contributed by atoms with Gasteiger partial charge in [0, 0.05) is 37.2 Å². The highest BCUT2D eigenvalue weighted by Gasteiger charge is 2.30. The predicted octanol–water partition coefficient (Wildman–Crippen LogP) is 2.18. The molecule has 2 aliphatic heterocycles. The molecule has 1 fully saturated rings. The summed E-state index contributed by atoms with van der Waals surface area (Å²) in [7, 11) is 1.88. The standard InChI is InChI=1S/C16H19N3O2S/c1-18-8-13(15(17-18)12-3-6-21-10-12)16(20)19-5-2-11-4-7-22-14(11)9-19/h4,7-8,12H,2-3,5-6,9-10H2,1H3. The molecule has 0 radical (unpaired) electrons. The Morgan fingerprint density at radius 2 is 2.41 bits per heavy atom. The van der Waals surface area contributed by atoms with Crippen molar-refractivity contribution in [1.82, 2.24) is 14.7 Å². The van der Waals surface area contributed by atoms with Crippen molar-refractivity contribution in [2.45, 2.75) is 25.3 Å². The van der Waals surface area contributed by atoms with Gasteiger partial charge in [-0.1, -0.05) is 0 Å². The summed E-state index contributed by atoms with van der Waals surface area (Å²) >= 11 is 1.74. The van der Waals surface area contributed by atoms with Gasteiger partial charge < -0.3 is 9.64 Å². The molecule has 1 atom stereocenters. The van der Waals surface area contributed by atoms with Crippen LogP contribution in [0.4, 0.5) is 0 Å². The maximum absolute atomic E-state index is 13.0. The predicted molar refractivity (Wildman–Crippen MR) is 84.1 cm³/mol. The first-order valence-electron chi connectivity index (χ1n) is 7.68. The summed E-state index contributed by atoms with van der Waals surface area (Å²) < 4.78 is 7.22. The van der Waals surface area contributed by atoms with E-state index in [9.17, 15) is 4.79 Å². The highest BCUT2D eigenvalue weighted by Crippen LogP contribution is 2.29. The van der Waals surface area contributed by atoms with Gasteiger partial charge in [-0.3, -0.25) is 9.48 Å². The molecule has 0 saturated carbocycles. The molecule has 0 bridgehead atoms. The molecule has 6 heteroatoms. The lowest BCUT2D eigenvalue weighted by molar-refractivity contribution is 0.0735. The molecule has 116 valence electrons. The monoisotopic (exact) mass is 317 g/mol. The van der Waals surface area contributed by atoms with Crippen LogP contribution in [0.1, 0.15) is 38.8 Å². The van der Waals surface area contributed by atoms with Crippen LogP contribution in [0, 0.1) is 0 Å². The summed E-state index contributed by atoms with van der Waals surface area (Å²) in [5.41, 5.74) is 3.05. The van der Waals surface area contributed by atoms with Crippen LogP contribution < -0.4 is 0 Å². The molecule has 1 unspecified atom stereocenters. The largest absolute Gasteiger partial charge is 0.381 e. The molecular weight excluding hydrogens is 298 g/mol. The molecule has 1 saturated heterocycles. The number of amides is 1. The van der Waals surface area contributed by atoms with E-state index in [1.807, 2.05) is 18.1 Å². The lowest BCUT2D eigenvalue weighted by Crippen LogP contribution is -2.35. The number of aryl methyl sites for hydroxylation is 1. The topological polar surface area (TPSA) is 47.4 Å². The third kappa shape index (κ3) is 2.36. The Morgan fingerprint density at radius 3 is 3.23 bits per heavy atom. The number of nitrogens with zero attached hydrogens (tertiary/aromatic N) is 3. The van der Waals surface area contributed by atoms with E-state index in [2.05, 4.69) is 16.5 Å². The number of fused-ring (bicyclic) bond motifs is 1. The molecule has 4 heterocycles. The Morgan fingerprint density at radius 1 is 1.50 bits per heavy atom. The SMILES string of the molecule is Cn1cc(C(=O)N2CCc3ccsc3C2)c(C2CCOC2)n1. The van der Waals surface area contributed by atoms with Crippen molar-refractivity contribution in [2.24, 2.45) is 7.05 Å². The third-order valence-corrected chi connectivity index (χ3v) is 5.46.